The molecule has 2 rings (SSSR count). The molecule has 0 unspecified atom stereocenters. The van der Waals surface area contributed by atoms with Crippen LogP contribution in [0, 0.1) is 0 Å². The van der Waals surface area contributed by atoms with E-state index in [1.54, 1.807) is 12.3 Å². The van der Waals surface area contributed by atoms with Crippen LogP contribution >= 0.6 is 0 Å². The number of anilines is 1. The van der Waals surface area contributed by atoms with Crippen molar-refractivity contribution in [3.8, 4) is 5.75 Å². The van der Waals surface area contributed by atoms with Gasteiger partial charge >= 0.3 is 0 Å². The van der Waals surface area contributed by atoms with Crippen molar-refractivity contribution >= 4 is 21.7 Å². The van der Waals surface area contributed by atoms with Crippen LogP contribution in [0.3, 0.4) is 0 Å². The molecule has 0 bridgehead atoms. The summed E-state index contributed by atoms with van der Waals surface area (Å²) in [4.78, 5) is 6.43. The fourth-order valence-corrected chi connectivity index (χ4v) is 4.14. The zero-order chi connectivity index (χ0) is 15.5. The molecule has 21 heavy (non-hydrogen) atoms. The third kappa shape index (κ3) is 3.97. The number of phenols is 1. The highest BCUT2D eigenvalue weighted by Crippen LogP contribution is 2.24. The molecule has 1 fully saturated rings. The molecule has 1 aliphatic heterocycles. The van der Waals surface area contributed by atoms with E-state index in [9.17, 15) is 13.5 Å². The third-order valence-electron chi connectivity index (χ3n) is 3.78. The highest BCUT2D eigenvalue weighted by Gasteiger charge is 2.26. The molecule has 6 heteroatoms. The summed E-state index contributed by atoms with van der Waals surface area (Å²) in [5.41, 5.74) is 1.59. The molecule has 1 aromatic rings. The maximum Gasteiger partial charge on any atom is 0.152 e. The topological polar surface area (TPSA) is 70.0 Å². The molecule has 1 heterocycles. The monoisotopic (exact) mass is 310 g/mol. The predicted octanol–water partition coefficient (Wildman–Crippen LogP) is 1.84. The Morgan fingerprint density at radius 3 is 2.62 bits per heavy atom. The van der Waals surface area contributed by atoms with E-state index in [4.69, 9.17) is 0 Å². The van der Waals surface area contributed by atoms with Gasteiger partial charge in [-0.15, -0.1) is 0 Å². The van der Waals surface area contributed by atoms with Crippen LogP contribution in [0.15, 0.2) is 23.2 Å². The lowest BCUT2D eigenvalue weighted by atomic mass is 10.1. The van der Waals surface area contributed by atoms with Crippen LogP contribution in [-0.2, 0) is 9.84 Å². The van der Waals surface area contributed by atoms with Crippen molar-refractivity contribution in [2.75, 3.05) is 29.5 Å². The average Bonchev–Trinajstić information content (AvgIpc) is 2.79. The Morgan fingerprint density at radius 1 is 1.38 bits per heavy atom. The van der Waals surface area contributed by atoms with E-state index in [0.717, 1.165) is 18.8 Å². The summed E-state index contributed by atoms with van der Waals surface area (Å²) in [6.45, 7) is 5.89. The Kier molecular flexibility index (Phi) is 4.88. The largest absolute Gasteiger partial charge is 0.507 e. The van der Waals surface area contributed by atoms with Crippen LogP contribution in [0.5, 0.6) is 5.75 Å². The minimum atomic E-state index is -2.92. The second-order valence-electron chi connectivity index (χ2n) is 5.25. The molecule has 1 atom stereocenters. The number of phenolic OH excluding ortho intramolecular Hbond substituents is 1. The highest BCUT2D eigenvalue weighted by molar-refractivity contribution is 7.91. The number of aromatic hydroxyl groups is 1. The van der Waals surface area contributed by atoms with Crippen molar-refractivity contribution in [1.29, 1.82) is 0 Å². The van der Waals surface area contributed by atoms with Gasteiger partial charge in [0.05, 0.1) is 17.5 Å². The molecule has 1 aromatic carbocycles. The first kappa shape index (κ1) is 15.8. The van der Waals surface area contributed by atoms with Crippen LogP contribution in [-0.4, -0.2) is 50.4 Å². The van der Waals surface area contributed by atoms with Crippen LogP contribution in [0.1, 0.15) is 25.8 Å². The zero-order valence-corrected chi connectivity index (χ0v) is 13.3. The van der Waals surface area contributed by atoms with E-state index in [0.29, 0.717) is 12.0 Å². The molecule has 0 radical (unpaired) electrons. The maximum absolute atomic E-state index is 11.4. The molecule has 1 saturated heterocycles. The second kappa shape index (κ2) is 6.47. The summed E-state index contributed by atoms with van der Waals surface area (Å²) >= 11 is 0. The summed E-state index contributed by atoms with van der Waals surface area (Å²) in [5.74, 6) is 0.493. The van der Waals surface area contributed by atoms with Gasteiger partial charge in [0, 0.05) is 36.6 Å². The maximum atomic E-state index is 11.4. The van der Waals surface area contributed by atoms with E-state index in [1.807, 2.05) is 12.1 Å². The number of hydrogen-bond donors (Lipinski definition) is 1. The van der Waals surface area contributed by atoms with Gasteiger partial charge in [-0.3, -0.25) is 4.99 Å². The molecule has 0 spiro atoms. The normalized spacial score (nSPS) is 21.0. The smallest absolute Gasteiger partial charge is 0.152 e. The Balaban J connectivity index is 2.11. The molecule has 0 aliphatic carbocycles. The summed E-state index contributed by atoms with van der Waals surface area (Å²) in [5, 5.41) is 10.1. The Labute approximate surface area is 126 Å². The van der Waals surface area contributed by atoms with E-state index < -0.39 is 9.84 Å². The Hall–Kier alpha value is -1.56. The highest BCUT2D eigenvalue weighted by atomic mass is 32.2. The third-order valence-corrected chi connectivity index (χ3v) is 5.53. The van der Waals surface area contributed by atoms with E-state index in [1.165, 1.54) is 0 Å². The molecule has 116 valence electrons. The lowest BCUT2D eigenvalue weighted by Crippen LogP contribution is -2.21. The summed E-state index contributed by atoms with van der Waals surface area (Å²) in [7, 11) is -2.92. The van der Waals surface area contributed by atoms with Crippen molar-refractivity contribution in [2.45, 2.75) is 26.3 Å². The van der Waals surface area contributed by atoms with Gasteiger partial charge in [0.1, 0.15) is 5.75 Å². The lowest BCUT2D eigenvalue weighted by molar-refractivity contribution is 0.474. The minimum absolute atomic E-state index is 0.113. The van der Waals surface area contributed by atoms with Crippen molar-refractivity contribution < 1.29 is 13.5 Å². The molecular formula is C15H22N2O3S. The lowest BCUT2D eigenvalue weighted by Gasteiger charge is -2.21. The van der Waals surface area contributed by atoms with E-state index in [2.05, 4.69) is 23.7 Å². The van der Waals surface area contributed by atoms with Crippen molar-refractivity contribution in [3.63, 3.8) is 0 Å². The Morgan fingerprint density at radius 2 is 2.10 bits per heavy atom. The van der Waals surface area contributed by atoms with Gasteiger partial charge in [0.15, 0.2) is 9.84 Å². The van der Waals surface area contributed by atoms with Gasteiger partial charge in [-0.25, -0.2) is 8.42 Å². The molecule has 5 nitrogen and oxygen atoms in total. The Bertz CT molecular complexity index is 622. The first-order valence-corrected chi connectivity index (χ1v) is 9.09. The molecule has 0 aromatic heterocycles. The first-order chi connectivity index (χ1) is 9.95. The molecular weight excluding hydrogens is 288 g/mol. The number of benzene rings is 1. The van der Waals surface area contributed by atoms with Gasteiger partial charge in [-0.1, -0.05) is 0 Å². The molecule has 1 aliphatic rings. The first-order valence-electron chi connectivity index (χ1n) is 7.26. The minimum Gasteiger partial charge on any atom is -0.507 e. The zero-order valence-electron chi connectivity index (χ0n) is 12.5. The van der Waals surface area contributed by atoms with Crippen LogP contribution in [0.4, 0.5) is 5.69 Å². The van der Waals surface area contributed by atoms with E-state index in [-0.39, 0.29) is 23.3 Å². The number of hydrogen-bond acceptors (Lipinski definition) is 5. The molecule has 0 saturated carbocycles. The van der Waals surface area contributed by atoms with Crippen molar-refractivity contribution in [3.05, 3.63) is 23.8 Å². The standard InChI is InChI=1S/C15H22N2O3S/c1-3-17(4-2)14-6-5-12(15(18)9-14)10-16-13-7-8-21(19,20)11-13/h5-6,9-10,13,18H,3-4,7-8,11H2,1-2H3/t13-/m0/s1. The fourth-order valence-electron chi connectivity index (χ4n) is 2.51. The summed E-state index contributed by atoms with van der Waals surface area (Å²) < 4.78 is 22.8. The summed E-state index contributed by atoms with van der Waals surface area (Å²) in [6.07, 6.45) is 2.14. The van der Waals surface area contributed by atoms with Gasteiger partial charge in [-0.05, 0) is 32.4 Å². The predicted molar refractivity (Wildman–Crippen MR) is 86.3 cm³/mol. The van der Waals surface area contributed by atoms with Gasteiger partial charge in [0.25, 0.3) is 0 Å². The number of rotatable bonds is 5. The van der Waals surface area contributed by atoms with Crippen molar-refractivity contribution in [2.24, 2.45) is 4.99 Å². The second-order valence-corrected chi connectivity index (χ2v) is 7.48. The SMILES string of the molecule is CCN(CC)c1ccc(C=N[C@H]2CCS(=O)(=O)C2)c(O)c1. The fraction of sp³-hybridized carbons (Fsp3) is 0.533. The van der Waals surface area contributed by atoms with Crippen LogP contribution < -0.4 is 4.90 Å². The quantitative estimate of drug-likeness (QED) is 0.843. The van der Waals surface area contributed by atoms with Gasteiger partial charge in [-0.2, -0.15) is 0 Å². The number of sulfone groups is 1. The number of aliphatic imine (C=N–C) groups is 1. The van der Waals surface area contributed by atoms with Gasteiger partial charge in [0.2, 0.25) is 0 Å². The van der Waals surface area contributed by atoms with Gasteiger partial charge < -0.3 is 10.0 Å². The number of nitrogens with zero attached hydrogens (tertiary/aromatic N) is 2. The van der Waals surface area contributed by atoms with Crippen molar-refractivity contribution in [1.82, 2.24) is 0 Å². The van der Waals surface area contributed by atoms with E-state index >= 15 is 0 Å². The summed E-state index contributed by atoms with van der Waals surface area (Å²) in [6, 6.07) is 5.30. The van der Waals surface area contributed by atoms with Crippen LogP contribution in [0.2, 0.25) is 0 Å². The molecule has 1 N–H and O–H groups in total. The molecule has 0 amide bonds. The average molecular weight is 310 g/mol. The van der Waals surface area contributed by atoms with Crippen LogP contribution in [0.25, 0.3) is 0 Å².